The number of carbonyl (C=O) groups excluding carboxylic acids is 1. The van der Waals surface area contributed by atoms with Crippen molar-refractivity contribution in [3.05, 3.63) is 33.8 Å². The fourth-order valence-corrected chi connectivity index (χ4v) is 1.87. The van der Waals surface area contributed by atoms with Crippen molar-refractivity contribution in [2.24, 2.45) is 5.41 Å². The number of rotatable bonds is 4. The van der Waals surface area contributed by atoms with E-state index < -0.39 is 0 Å². The Morgan fingerprint density at radius 3 is 2.59 bits per heavy atom. The SMILES string of the molecule is O=C(NCC1(CO)CC1)c1ccc(Cl)c(Cl)c1. The number of aliphatic hydroxyl groups excluding tert-OH is 1. The number of hydrogen-bond acceptors (Lipinski definition) is 2. The molecule has 0 spiro atoms. The summed E-state index contributed by atoms with van der Waals surface area (Å²) in [5.41, 5.74) is 0.388. The molecule has 92 valence electrons. The third-order valence-corrected chi connectivity index (χ3v) is 3.84. The van der Waals surface area contributed by atoms with Crippen molar-refractivity contribution < 1.29 is 9.90 Å². The Kier molecular flexibility index (Phi) is 3.61. The zero-order valence-electron chi connectivity index (χ0n) is 9.17. The molecule has 0 bridgehead atoms. The maximum absolute atomic E-state index is 11.8. The summed E-state index contributed by atoms with van der Waals surface area (Å²) in [6.45, 7) is 0.622. The number of hydrogen-bond donors (Lipinski definition) is 2. The maximum atomic E-state index is 11.8. The molecule has 1 saturated carbocycles. The molecule has 0 atom stereocenters. The topological polar surface area (TPSA) is 49.3 Å². The molecule has 17 heavy (non-hydrogen) atoms. The van der Waals surface area contributed by atoms with Gasteiger partial charge in [0.1, 0.15) is 0 Å². The van der Waals surface area contributed by atoms with Crippen LogP contribution in [0.1, 0.15) is 23.2 Å². The number of carbonyl (C=O) groups is 1. The minimum atomic E-state index is -0.191. The highest BCUT2D eigenvalue weighted by molar-refractivity contribution is 6.42. The Balaban J connectivity index is 1.97. The Morgan fingerprint density at radius 1 is 1.35 bits per heavy atom. The molecule has 1 fully saturated rings. The summed E-state index contributed by atoms with van der Waals surface area (Å²) in [5.74, 6) is -0.191. The van der Waals surface area contributed by atoms with Gasteiger partial charge in [-0.2, -0.15) is 0 Å². The summed E-state index contributed by atoms with van der Waals surface area (Å²) >= 11 is 11.6. The normalized spacial score (nSPS) is 16.6. The van der Waals surface area contributed by atoms with Crippen molar-refractivity contribution >= 4 is 29.1 Å². The first-order valence-electron chi connectivity index (χ1n) is 5.40. The van der Waals surface area contributed by atoms with Gasteiger partial charge >= 0.3 is 0 Å². The largest absolute Gasteiger partial charge is 0.396 e. The molecule has 2 N–H and O–H groups in total. The van der Waals surface area contributed by atoms with Crippen LogP contribution in [0.4, 0.5) is 0 Å². The van der Waals surface area contributed by atoms with E-state index in [1.54, 1.807) is 12.1 Å². The van der Waals surface area contributed by atoms with Crippen LogP contribution in [0.5, 0.6) is 0 Å². The first-order chi connectivity index (χ1) is 8.06. The molecule has 3 nitrogen and oxygen atoms in total. The van der Waals surface area contributed by atoms with Gasteiger partial charge in [0, 0.05) is 17.5 Å². The van der Waals surface area contributed by atoms with Crippen LogP contribution in [-0.2, 0) is 0 Å². The molecule has 0 radical (unpaired) electrons. The quantitative estimate of drug-likeness (QED) is 0.886. The van der Waals surface area contributed by atoms with E-state index in [9.17, 15) is 4.79 Å². The zero-order valence-corrected chi connectivity index (χ0v) is 10.7. The van der Waals surface area contributed by atoms with Gasteiger partial charge in [-0.1, -0.05) is 23.2 Å². The Labute approximate surface area is 110 Å². The standard InChI is InChI=1S/C12H13Cl2NO2/c13-9-2-1-8(5-10(9)14)11(17)15-6-12(7-16)3-4-12/h1-2,5,16H,3-4,6-7H2,(H,15,17). The number of benzene rings is 1. The molecular weight excluding hydrogens is 261 g/mol. The first-order valence-corrected chi connectivity index (χ1v) is 6.16. The summed E-state index contributed by atoms with van der Waals surface area (Å²) < 4.78 is 0. The number of nitrogens with one attached hydrogen (secondary N) is 1. The lowest BCUT2D eigenvalue weighted by molar-refractivity contribution is 0.0935. The summed E-state index contributed by atoms with van der Waals surface area (Å²) in [5, 5.41) is 12.7. The van der Waals surface area contributed by atoms with E-state index in [0.717, 1.165) is 12.8 Å². The van der Waals surface area contributed by atoms with E-state index in [2.05, 4.69) is 5.32 Å². The molecule has 5 heteroatoms. The van der Waals surface area contributed by atoms with Gasteiger partial charge in [0.05, 0.1) is 16.7 Å². The fourth-order valence-electron chi connectivity index (χ4n) is 1.57. The smallest absolute Gasteiger partial charge is 0.251 e. The second kappa shape index (κ2) is 4.84. The van der Waals surface area contributed by atoms with Crippen molar-refractivity contribution in [1.29, 1.82) is 0 Å². The third-order valence-electron chi connectivity index (χ3n) is 3.10. The predicted octanol–water partition coefficient (Wildman–Crippen LogP) is 2.50. The van der Waals surface area contributed by atoms with Gasteiger partial charge in [-0.05, 0) is 31.0 Å². The number of halogens is 2. The number of amides is 1. The molecule has 1 amide bonds. The fraction of sp³-hybridized carbons (Fsp3) is 0.417. The van der Waals surface area contributed by atoms with Gasteiger partial charge in [-0.15, -0.1) is 0 Å². The van der Waals surface area contributed by atoms with Crippen LogP contribution < -0.4 is 5.32 Å². The van der Waals surface area contributed by atoms with E-state index in [4.69, 9.17) is 28.3 Å². The van der Waals surface area contributed by atoms with Gasteiger partial charge in [0.25, 0.3) is 5.91 Å². The Morgan fingerprint density at radius 2 is 2.06 bits per heavy atom. The zero-order chi connectivity index (χ0) is 12.5. The highest BCUT2D eigenvalue weighted by Crippen LogP contribution is 2.44. The van der Waals surface area contributed by atoms with Crippen LogP contribution in [0.2, 0.25) is 10.0 Å². The minimum absolute atomic E-state index is 0.0914. The van der Waals surface area contributed by atoms with E-state index in [-0.39, 0.29) is 17.9 Å². The molecule has 0 saturated heterocycles. The summed E-state index contributed by atoms with van der Waals surface area (Å²) in [6, 6.07) is 4.76. The lowest BCUT2D eigenvalue weighted by Gasteiger charge is -2.12. The predicted molar refractivity (Wildman–Crippen MR) is 67.5 cm³/mol. The lowest BCUT2D eigenvalue weighted by atomic mass is 10.1. The van der Waals surface area contributed by atoms with E-state index in [1.807, 2.05) is 0 Å². The summed E-state index contributed by atoms with van der Waals surface area (Å²) in [7, 11) is 0. The lowest BCUT2D eigenvalue weighted by Crippen LogP contribution is -2.31. The molecule has 0 aromatic heterocycles. The van der Waals surface area contributed by atoms with Crippen LogP contribution >= 0.6 is 23.2 Å². The number of aliphatic hydroxyl groups is 1. The summed E-state index contributed by atoms with van der Waals surface area (Å²) in [4.78, 5) is 11.8. The van der Waals surface area contributed by atoms with Crippen molar-refractivity contribution in [1.82, 2.24) is 5.32 Å². The van der Waals surface area contributed by atoms with Gasteiger partial charge < -0.3 is 10.4 Å². The van der Waals surface area contributed by atoms with Gasteiger partial charge in [-0.3, -0.25) is 4.79 Å². The van der Waals surface area contributed by atoms with Crippen LogP contribution in [0.25, 0.3) is 0 Å². The molecule has 0 heterocycles. The second-order valence-electron chi connectivity index (χ2n) is 4.47. The van der Waals surface area contributed by atoms with Crippen LogP contribution in [0.3, 0.4) is 0 Å². The maximum Gasteiger partial charge on any atom is 0.251 e. The molecule has 0 aliphatic heterocycles. The van der Waals surface area contributed by atoms with Gasteiger partial charge in [-0.25, -0.2) is 0 Å². The highest BCUT2D eigenvalue weighted by atomic mass is 35.5. The van der Waals surface area contributed by atoms with E-state index in [0.29, 0.717) is 22.2 Å². The molecular formula is C12H13Cl2NO2. The Hall–Kier alpha value is -0.770. The van der Waals surface area contributed by atoms with E-state index in [1.165, 1.54) is 6.07 Å². The second-order valence-corrected chi connectivity index (χ2v) is 5.28. The van der Waals surface area contributed by atoms with Gasteiger partial charge in [0.2, 0.25) is 0 Å². The highest BCUT2D eigenvalue weighted by Gasteiger charge is 2.42. The molecule has 1 aromatic carbocycles. The van der Waals surface area contributed by atoms with Crippen LogP contribution in [-0.4, -0.2) is 24.2 Å². The Bertz CT molecular complexity index is 444. The first kappa shape index (κ1) is 12.7. The minimum Gasteiger partial charge on any atom is -0.396 e. The van der Waals surface area contributed by atoms with Crippen LogP contribution in [0.15, 0.2) is 18.2 Å². The molecule has 2 rings (SSSR count). The average molecular weight is 274 g/mol. The monoisotopic (exact) mass is 273 g/mol. The van der Waals surface area contributed by atoms with E-state index >= 15 is 0 Å². The molecule has 1 aliphatic carbocycles. The molecule has 1 aliphatic rings. The summed E-state index contributed by atoms with van der Waals surface area (Å²) in [6.07, 6.45) is 1.93. The molecule has 0 unspecified atom stereocenters. The van der Waals surface area contributed by atoms with Crippen molar-refractivity contribution in [3.63, 3.8) is 0 Å². The van der Waals surface area contributed by atoms with Gasteiger partial charge in [0.15, 0.2) is 0 Å². The average Bonchev–Trinajstić information content (AvgIpc) is 3.10. The van der Waals surface area contributed by atoms with Crippen molar-refractivity contribution in [2.75, 3.05) is 13.2 Å². The van der Waals surface area contributed by atoms with Crippen LogP contribution in [0, 0.1) is 5.41 Å². The van der Waals surface area contributed by atoms with Crippen molar-refractivity contribution in [3.8, 4) is 0 Å². The third kappa shape index (κ3) is 2.92. The molecule has 1 aromatic rings. The van der Waals surface area contributed by atoms with Crippen molar-refractivity contribution in [2.45, 2.75) is 12.8 Å².